The fraction of sp³-hybridized carbons (Fsp3) is 0.412. The van der Waals surface area contributed by atoms with Crippen molar-refractivity contribution in [3.8, 4) is 0 Å². The lowest BCUT2D eigenvalue weighted by Gasteiger charge is -2.44. The normalized spacial score (nSPS) is 20.4. The van der Waals surface area contributed by atoms with Crippen LogP contribution in [0.4, 0.5) is 0 Å². The van der Waals surface area contributed by atoms with Crippen LogP contribution in [0.3, 0.4) is 0 Å². The Bertz CT molecular complexity index is 1330. The molecule has 0 aliphatic carbocycles. The second kappa shape index (κ2) is 14.7. The van der Waals surface area contributed by atoms with Crippen molar-refractivity contribution in [2.75, 3.05) is 26.2 Å². The lowest BCUT2D eigenvalue weighted by Crippen LogP contribution is -2.53. The first-order chi connectivity index (χ1) is 19.9. The summed E-state index contributed by atoms with van der Waals surface area (Å²) in [4.78, 5) is 30.4. The molecule has 42 heavy (non-hydrogen) atoms. The molecule has 1 N–H and O–H groups in total. The fourth-order valence-corrected chi connectivity index (χ4v) is 7.11. The summed E-state index contributed by atoms with van der Waals surface area (Å²) >= 11 is 12.7. The first-order valence-corrected chi connectivity index (χ1v) is 15.5. The van der Waals surface area contributed by atoms with E-state index in [1.807, 2.05) is 60.7 Å². The van der Waals surface area contributed by atoms with Gasteiger partial charge in [0, 0.05) is 44.1 Å². The number of hydrogen-bond acceptors (Lipinski definition) is 3. The second-order valence-electron chi connectivity index (χ2n) is 11.5. The molecule has 5 nitrogen and oxygen atoms in total. The number of benzene rings is 3. The van der Waals surface area contributed by atoms with Gasteiger partial charge in [-0.2, -0.15) is 0 Å². The Kier molecular flexibility index (Phi) is 11.4. The van der Waals surface area contributed by atoms with Crippen LogP contribution in [0, 0.1) is 0 Å². The molecule has 0 radical (unpaired) electrons. The van der Waals surface area contributed by atoms with Crippen LogP contribution >= 0.6 is 35.6 Å². The number of piperidine rings is 2. The molecule has 3 aromatic rings. The third-order valence-electron chi connectivity index (χ3n) is 8.86. The Morgan fingerprint density at radius 2 is 1.57 bits per heavy atom. The van der Waals surface area contributed by atoms with Gasteiger partial charge in [0.2, 0.25) is 5.91 Å². The van der Waals surface area contributed by atoms with Gasteiger partial charge in [-0.3, -0.25) is 9.59 Å². The van der Waals surface area contributed by atoms with Crippen molar-refractivity contribution >= 4 is 47.4 Å². The van der Waals surface area contributed by atoms with E-state index in [-0.39, 0.29) is 41.7 Å². The minimum absolute atomic E-state index is 0. The van der Waals surface area contributed by atoms with E-state index >= 15 is 0 Å². The van der Waals surface area contributed by atoms with Gasteiger partial charge < -0.3 is 15.1 Å². The molecule has 0 spiro atoms. The Balaban J connectivity index is 0.00000405. The molecule has 2 unspecified atom stereocenters. The predicted molar refractivity (Wildman–Crippen MR) is 174 cm³/mol. The van der Waals surface area contributed by atoms with Gasteiger partial charge in [-0.15, -0.1) is 12.4 Å². The Morgan fingerprint density at radius 3 is 2.21 bits per heavy atom. The molecular weight excluding hydrogens is 589 g/mol. The quantitative estimate of drug-likeness (QED) is 0.278. The second-order valence-corrected chi connectivity index (χ2v) is 12.3. The molecule has 3 aromatic carbocycles. The summed E-state index contributed by atoms with van der Waals surface area (Å²) in [5.41, 5.74) is 2.75. The molecule has 0 bridgehead atoms. The number of rotatable bonds is 8. The summed E-state index contributed by atoms with van der Waals surface area (Å²) in [6.45, 7) is 5.17. The average Bonchev–Trinajstić information content (AvgIpc) is 3.00. The van der Waals surface area contributed by atoms with E-state index in [0.717, 1.165) is 75.8 Å². The van der Waals surface area contributed by atoms with E-state index in [1.165, 1.54) is 5.56 Å². The van der Waals surface area contributed by atoms with E-state index in [9.17, 15) is 9.59 Å². The monoisotopic (exact) mass is 627 g/mol. The van der Waals surface area contributed by atoms with Gasteiger partial charge in [-0.05, 0) is 80.5 Å². The van der Waals surface area contributed by atoms with Crippen LogP contribution in [0.5, 0.6) is 0 Å². The van der Waals surface area contributed by atoms with Crippen LogP contribution in [0.25, 0.3) is 0 Å². The van der Waals surface area contributed by atoms with Gasteiger partial charge >= 0.3 is 0 Å². The third-order valence-corrected chi connectivity index (χ3v) is 9.60. The average molecular weight is 629 g/mol. The van der Waals surface area contributed by atoms with Crippen LogP contribution in [-0.4, -0.2) is 53.8 Å². The highest BCUT2D eigenvalue weighted by Crippen LogP contribution is 2.38. The van der Waals surface area contributed by atoms with E-state index in [4.69, 9.17) is 23.2 Å². The molecule has 2 heterocycles. The molecule has 0 aromatic heterocycles. The number of amides is 2. The maximum atomic E-state index is 13.7. The molecule has 0 saturated carbocycles. The molecule has 8 heteroatoms. The molecule has 5 rings (SSSR count). The number of nitrogens with one attached hydrogen (secondary N) is 1. The largest absolute Gasteiger partial charge is 0.347 e. The molecule has 2 fully saturated rings. The highest BCUT2D eigenvalue weighted by Gasteiger charge is 2.38. The predicted octanol–water partition coefficient (Wildman–Crippen LogP) is 7.71. The van der Waals surface area contributed by atoms with E-state index in [0.29, 0.717) is 10.0 Å². The summed E-state index contributed by atoms with van der Waals surface area (Å²) in [5.74, 6) is 0.315. The summed E-state index contributed by atoms with van der Waals surface area (Å²) in [7, 11) is 0. The van der Waals surface area contributed by atoms with E-state index in [2.05, 4.69) is 33.3 Å². The summed E-state index contributed by atoms with van der Waals surface area (Å²) in [6.07, 6.45) is 5.63. The Morgan fingerprint density at radius 1 is 0.905 bits per heavy atom. The van der Waals surface area contributed by atoms with Crippen LogP contribution in [0.1, 0.15) is 72.9 Å². The van der Waals surface area contributed by atoms with Gasteiger partial charge in [0.25, 0.3) is 5.91 Å². The zero-order valence-electron chi connectivity index (χ0n) is 24.1. The fourth-order valence-electron chi connectivity index (χ4n) is 6.81. The molecule has 2 saturated heterocycles. The molecule has 224 valence electrons. The maximum absolute atomic E-state index is 13.7. The minimum atomic E-state index is -0.315. The standard InChI is InChI=1S/C34H39Cl2N3O2.ClH/c1-25(40)37-34(28-12-6-3-7-13-28)18-22-38(23-19-34)20-9-15-32-29(27-16-17-30(35)31(36)24-27)14-8-21-39(32)33(41)26-10-4-2-5-11-26;/h2-7,10-13,16-17,24,29,32H,8-9,14-15,18-23H2,1H3,(H,37,40);1H. The summed E-state index contributed by atoms with van der Waals surface area (Å²) < 4.78 is 0. The molecular formula is C34H40Cl3N3O2. The number of carbonyl (C=O) groups excluding carboxylic acids is 2. The van der Waals surface area contributed by atoms with Crippen LogP contribution in [0.15, 0.2) is 78.9 Å². The molecule has 2 aliphatic heterocycles. The van der Waals surface area contributed by atoms with E-state index < -0.39 is 0 Å². The number of halogens is 3. The molecule has 2 amide bonds. The first kappa shape index (κ1) is 32.3. The minimum Gasteiger partial charge on any atom is -0.347 e. The van der Waals surface area contributed by atoms with Gasteiger partial charge in [0.1, 0.15) is 0 Å². The van der Waals surface area contributed by atoms with Crippen molar-refractivity contribution in [1.29, 1.82) is 0 Å². The van der Waals surface area contributed by atoms with Crippen LogP contribution in [-0.2, 0) is 10.3 Å². The lowest BCUT2D eigenvalue weighted by atomic mass is 9.80. The maximum Gasteiger partial charge on any atom is 0.254 e. The third kappa shape index (κ3) is 7.49. The summed E-state index contributed by atoms with van der Waals surface area (Å²) in [6, 6.07) is 26.0. The van der Waals surface area contributed by atoms with Crippen molar-refractivity contribution in [2.24, 2.45) is 0 Å². The smallest absolute Gasteiger partial charge is 0.254 e. The van der Waals surface area contributed by atoms with Crippen molar-refractivity contribution in [3.63, 3.8) is 0 Å². The number of nitrogens with zero attached hydrogens (tertiary/aromatic N) is 2. The Labute approximate surface area is 266 Å². The Hall–Kier alpha value is -2.57. The van der Waals surface area contributed by atoms with Gasteiger partial charge in [0.05, 0.1) is 15.6 Å². The van der Waals surface area contributed by atoms with Crippen molar-refractivity contribution in [1.82, 2.24) is 15.1 Å². The van der Waals surface area contributed by atoms with Crippen LogP contribution < -0.4 is 5.32 Å². The van der Waals surface area contributed by atoms with Crippen LogP contribution in [0.2, 0.25) is 10.0 Å². The number of hydrogen-bond donors (Lipinski definition) is 1. The molecule has 2 atom stereocenters. The van der Waals surface area contributed by atoms with Gasteiger partial charge in [0.15, 0.2) is 0 Å². The zero-order chi connectivity index (χ0) is 28.8. The number of likely N-dealkylation sites (tertiary alicyclic amines) is 2. The van der Waals surface area contributed by atoms with Gasteiger partial charge in [-0.25, -0.2) is 0 Å². The van der Waals surface area contributed by atoms with Crippen molar-refractivity contribution in [2.45, 2.75) is 62.9 Å². The SMILES string of the molecule is CC(=O)NC1(c2ccccc2)CCN(CCCC2C(c3ccc(Cl)c(Cl)c3)CCCN2C(=O)c2ccccc2)CC1.Cl. The van der Waals surface area contributed by atoms with E-state index in [1.54, 1.807) is 6.92 Å². The highest BCUT2D eigenvalue weighted by molar-refractivity contribution is 6.42. The molecule has 2 aliphatic rings. The zero-order valence-corrected chi connectivity index (χ0v) is 26.4. The topological polar surface area (TPSA) is 52.7 Å². The summed E-state index contributed by atoms with van der Waals surface area (Å²) in [5, 5.41) is 4.39. The number of carbonyl (C=O) groups is 2. The van der Waals surface area contributed by atoms with Crippen molar-refractivity contribution in [3.05, 3.63) is 106 Å². The first-order valence-electron chi connectivity index (χ1n) is 14.7. The van der Waals surface area contributed by atoms with Crippen molar-refractivity contribution < 1.29 is 9.59 Å². The van der Waals surface area contributed by atoms with Gasteiger partial charge in [-0.1, -0.05) is 77.8 Å². The highest BCUT2D eigenvalue weighted by atomic mass is 35.5. The lowest BCUT2D eigenvalue weighted by molar-refractivity contribution is -0.121.